The van der Waals surface area contributed by atoms with Crippen LogP contribution >= 0.6 is 11.6 Å². The van der Waals surface area contributed by atoms with Crippen molar-refractivity contribution in [3.63, 3.8) is 0 Å². The van der Waals surface area contributed by atoms with Gasteiger partial charge < -0.3 is 5.21 Å². The van der Waals surface area contributed by atoms with Crippen molar-refractivity contribution >= 4 is 11.6 Å². The highest BCUT2D eigenvalue weighted by Gasteiger charge is 2.21. The molecule has 0 aromatic heterocycles. The molecule has 3 heteroatoms. The van der Waals surface area contributed by atoms with Gasteiger partial charge in [0.25, 0.3) is 0 Å². The normalized spacial score (nSPS) is 36.7. The number of hydrogen-bond donors (Lipinski definition) is 2. The molecule has 9 heavy (non-hydrogen) atoms. The molecular formula is C6H12ClNO. The highest BCUT2D eigenvalue weighted by Crippen LogP contribution is 2.22. The Balaban J connectivity index is 2.30. The van der Waals surface area contributed by atoms with E-state index in [2.05, 4.69) is 5.48 Å². The molecule has 0 aromatic carbocycles. The lowest BCUT2D eigenvalue weighted by Crippen LogP contribution is -2.37. The zero-order valence-electron chi connectivity index (χ0n) is 5.31. The largest absolute Gasteiger partial charge is 0.316 e. The van der Waals surface area contributed by atoms with Gasteiger partial charge in [0, 0.05) is 6.04 Å². The average molecular weight is 150 g/mol. The number of rotatable bonds is 1. The van der Waals surface area contributed by atoms with E-state index in [0.29, 0.717) is 0 Å². The molecule has 54 valence electrons. The summed E-state index contributed by atoms with van der Waals surface area (Å²) in [6.07, 6.45) is 4.41. The summed E-state index contributed by atoms with van der Waals surface area (Å²) >= 11 is 5.86. The van der Waals surface area contributed by atoms with Gasteiger partial charge in [-0.1, -0.05) is 12.8 Å². The summed E-state index contributed by atoms with van der Waals surface area (Å²) in [6, 6.07) is 0.125. The monoisotopic (exact) mass is 149 g/mol. The van der Waals surface area contributed by atoms with E-state index in [0.717, 1.165) is 12.8 Å². The highest BCUT2D eigenvalue weighted by molar-refractivity contribution is 6.21. The third-order valence-electron chi connectivity index (χ3n) is 1.85. The summed E-state index contributed by atoms with van der Waals surface area (Å²) in [7, 11) is 0. The van der Waals surface area contributed by atoms with Gasteiger partial charge in [-0.15, -0.1) is 11.6 Å². The number of nitrogens with one attached hydrogen (secondary N) is 1. The first kappa shape index (κ1) is 7.32. The van der Waals surface area contributed by atoms with Crippen LogP contribution in [0.2, 0.25) is 0 Å². The van der Waals surface area contributed by atoms with Gasteiger partial charge >= 0.3 is 0 Å². The van der Waals surface area contributed by atoms with Gasteiger partial charge in [0.2, 0.25) is 0 Å². The van der Waals surface area contributed by atoms with Crippen LogP contribution in [0.4, 0.5) is 0 Å². The predicted molar refractivity (Wildman–Crippen MR) is 36.8 cm³/mol. The SMILES string of the molecule is ONC1CCCCC1Cl. The number of alkyl halides is 1. The van der Waals surface area contributed by atoms with Crippen LogP contribution in [0.25, 0.3) is 0 Å². The maximum Gasteiger partial charge on any atom is 0.0512 e. The molecule has 0 saturated heterocycles. The Morgan fingerprint density at radius 1 is 1.33 bits per heavy atom. The fourth-order valence-corrected chi connectivity index (χ4v) is 1.57. The molecule has 2 N–H and O–H groups in total. The van der Waals surface area contributed by atoms with Gasteiger partial charge in [0.15, 0.2) is 0 Å². The minimum atomic E-state index is 0.125. The van der Waals surface area contributed by atoms with Crippen LogP contribution in [0.3, 0.4) is 0 Å². The second kappa shape index (κ2) is 3.40. The number of halogens is 1. The van der Waals surface area contributed by atoms with Gasteiger partial charge in [-0.2, -0.15) is 0 Å². The first-order valence-electron chi connectivity index (χ1n) is 3.38. The number of hydroxylamine groups is 1. The lowest BCUT2D eigenvalue weighted by molar-refractivity contribution is 0.109. The molecule has 0 spiro atoms. The summed E-state index contributed by atoms with van der Waals surface area (Å²) in [5, 5.41) is 8.66. The van der Waals surface area contributed by atoms with Crippen LogP contribution in [0.1, 0.15) is 25.7 Å². The standard InChI is InChI=1S/C6H12ClNO/c7-5-3-1-2-4-6(5)8-9/h5-6,8-9H,1-4H2. The van der Waals surface area contributed by atoms with Crippen molar-refractivity contribution in [1.82, 2.24) is 5.48 Å². The van der Waals surface area contributed by atoms with Crippen molar-refractivity contribution in [2.45, 2.75) is 37.1 Å². The van der Waals surface area contributed by atoms with Crippen LogP contribution in [0, 0.1) is 0 Å². The molecule has 1 fully saturated rings. The molecule has 0 radical (unpaired) electrons. The summed E-state index contributed by atoms with van der Waals surface area (Å²) in [6.45, 7) is 0. The molecule has 2 nitrogen and oxygen atoms in total. The van der Waals surface area contributed by atoms with Crippen LogP contribution in [0.15, 0.2) is 0 Å². The van der Waals surface area contributed by atoms with E-state index in [9.17, 15) is 0 Å². The Morgan fingerprint density at radius 2 is 2.00 bits per heavy atom. The van der Waals surface area contributed by atoms with E-state index in [4.69, 9.17) is 16.8 Å². The Hall–Kier alpha value is 0.210. The van der Waals surface area contributed by atoms with Crippen molar-refractivity contribution in [1.29, 1.82) is 0 Å². The Morgan fingerprint density at radius 3 is 2.44 bits per heavy atom. The van der Waals surface area contributed by atoms with Crippen molar-refractivity contribution in [2.75, 3.05) is 0 Å². The highest BCUT2D eigenvalue weighted by atomic mass is 35.5. The molecule has 0 heterocycles. The smallest absolute Gasteiger partial charge is 0.0512 e. The van der Waals surface area contributed by atoms with Crippen molar-refractivity contribution in [3.8, 4) is 0 Å². The minimum absolute atomic E-state index is 0.125. The van der Waals surface area contributed by atoms with Gasteiger partial charge in [-0.25, -0.2) is 5.48 Å². The molecule has 0 aromatic rings. The van der Waals surface area contributed by atoms with E-state index in [1.807, 2.05) is 0 Å². The van der Waals surface area contributed by atoms with Crippen molar-refractivity contribution in [3.05, 3.63) is 0 Å². The van der Waals surface area contributed by atoms with E-state index >= 15 is 0 Å². The first-order valence-corrected chi connectivity index (χ1v) is 3.82. The van der Waals surface area contributed by atoms with E-state index in [1.54, 1.807) is 0 Å². The van der Waals surface area contributed by atoms with E-state index in [1.165, 1.54) is 12.8 Å². The summed E-state index contributed by atoms with van der Waals surface area (Å²) < 4.78 is 0. The van der Waals surface area contributed by atoms with Gasteiger partial charge in [-0.3, -0.25) is 0 Å². The quantitative estimate of drug-likeness (QED) is 0.438. The molecule has 1 aliphatic carbocycles. The zero-order valence-corrected chi connectivity index (χ0v) is 6.06. The lowest BCUT2D eigenvalue weighted by atomic mass is 9.96. The maximum absolute atomic E-state index is 8.53. The molecule has 2 unspecified atom stereocenters. The summed E-state index contributed by atoms with van der Waals surface area (Å²) in [5.74, 6) is 0. The fourth-order valence-electron chi connectivity index (χ4n) is 1.23. The van der Waals surface area contributed by atoms with Crippen LogP contribution < -0.4 is 5.48 Å². The lowest BCUT2D eigenvalue weighted by Gasteiger charge is -2.24. The fraction of sp³-hybridized carbons (Fsp3) is 1.00. The van der Waals surface area contributed by atoms with Crippen LogP contribution in [0.5, 0.6) is 0 Å². The topological polar surface area (TPSA) is 32.3 Å². The summed E-state index contributed by atoms with van der Waals surface area (Å²) in [4.78, 5) is 0. The predicted octanol–water partition coefficient (Wildman–Crippen LogP) is 1.52. The second-order valence-corrected chi connectivity index (χ2v) is 3.10. The Kier molecular flexibility index (Phi) is 2.76. The average Bonchev–Trinajstić information content (AvgIpc) is 1.89. The summed E-state index contributed by atoms with van der Waals surface area (Å²) in [5.41, 5.74) is 2.22. The molecule has 1 saturated carbocycles. The zero-order chi connectivity index (χ0) is 6.69. The third-order valence-corrected chi connectivity index (χ3v) is 2.37. The molecule has 2 atom stereocenters. The Bertz CT molecular complexity index is 89.1. The van der Waals surface area contributed by atoms with Gasteiger partial charge in [0.05, 0.1) is 5.38 Å². The number of hydrogen-bond acceptors (Lipinski definition) is 2. The van der Waals surface area contributed by atoms with Gasteiger partial charge in [0.1, 0.15) is 0 Å². The maximum atomic E-state index is 8.53. The molecule has 1 rings (SSSR count). The molecule has 1 aliphatic rings. The Labute approximate surface area is 60.2 Å². The van der Waals surface area contributed by atoms with Gasteiger partial charge in [-0.05, 0) is 12.8 Å². The van der Waals surface area contributed by atoms with E-state index in [-0.39, 0.29) is 11.4 Å². The molecule has 0 amide bonds. The van der Waals surface area contributed by atoms with E-state index < -0.39 is 0 Å². The third kappa shape index (κ3) is 1.81. The minimum Gasteiger partial charge on any atom is -0.316 e. The van der Waals surface area contributed by atoms with Crippen molar-refractivity contribution in [2.24, 2.45) is 0 Å². The van der Waals surface area contributed by atoms with Crippen LogP contribution in [-0.4, -0.2) is 16.6 Å². The second-order valence-electron chi connectivity index (χ2n) is 2.54. The molecule has 0 bridgehead atoms. The van der Waals surface area contributed by atoms with Crippen LogP contribution in [-0.2, 0) is 0 Å². The molecule has 0 aliphatic heterocycles. The first-order chi connectivity index (χ1) is 4.34. The molecular weight excluding hydrogens is 138 g/mol. The van der Waals surface area contributed by atoms with Crippen molar-refractivity contribution < 1.29 is 5.21 Å².